The first-order valence-corrected chi connectivity index (χ1v) is 9.38. The van der Waals surface area contributed by atoms with Crippen LogP contribution in [-0.2, 0) is 0 Å². The first kappa shape index (κ1) is 16.0. The smallest absolute Gasteiger partial charge is 0.104 e. The average Bonchev–Trinajstić information content (AvgIpc) is 2.94. The van der Waals surface area contributed by atoms with Gasteiger partial charge in [0.15, 0.2) is 0 Å². The fourth-order valence-corrected chi connectivity index (χ4v) is 4.60. The number of rotatable bonds is 2. The summed E-state index contributed by atoms with van der Waals surface area (Å²) in [6.45, 7) is 4.42. The molecule has 3 heteroatoms. The van der Waals surface area contributed by atoms with E-state index in [4.69, 9.17) is 5.26 Å². The molecule has 2 aromatic carbocycles. The van der Waals surface area contributed by atoms with Gasteiger partial charge < -0.3 is 9.80 Å². The van der Waals surface area contributed by atoms with Crippen LogP contribution < -0.4 is 9.80 Å². The topological polar surface area (TPSA) is 30.3 Å². The number of aryl methyl sites for hydroxylation is 1. The van der Waals surface area contributed by atoms with Crippen molar-refractivity contribution < 1.29 is 0 Å². The molecule has 0 unspecified atom stereocenters. The molecular weight excluding hydrogens is 306 g/mol. The number of fused-ring (bicyclic) bond motifs is 1. The summed E-state index contributed by atoms with van der Waals surface area (Å²) in [5.74, 6) is 0. The fourth-order valence-electron chi connectivity index (χ4n) is 4.60. The molecule has 0 radical (unpaired) electrons. The van der Waals surface area contributed by atoms with Crippen molar-refractivity contribution in [3.8, 4) is 6.07 Å². The zero-order valence-electron chi connectivity index (χ0n) is 15.1. The highest BCUT2D eigenvalue weighted by atomic mass is 15.4. The van der Waals surface area contributed by atoms with E-state index in [0.29, 0.717) is 12.2 Å². The summed E-state index contributed by atoms with van der Waals surface area (Å²) in [5, 5.41) is 9.17. The zero-order chi connectivity index (χ0) is 17.4. The molecule has 25 heavy (non-hydrogen) atoms. The maximum atomic E-state index is 9.17. The molecule has 0 aromatic heterocycles. The van der Waals surface area contributed by atoms with Crippen LogP contribution in [0.4, 0.5) is 17.1 Å². The molecule has 0 amide bonds. The van der Waals surface area contributed by atoms with Gasteiger partial charge in [-0.05, 0) is 62.6 Å². The standard InChI is InChI=1S/C22H25N3/c1-16-14-18(15-23)12-13-20(16)25-17(2)24(19-8-4-3-5-9-19)21-10-6-7-11-22(21)25/h6-7,10-14,17,19H,3-5,8-9H2,1-2H3/t17-/m1/s1. The Bertz CT molecular complexity index is 814. The van der Waals surface area contributed by atoms with Gasteiger partial charge in [0.05, 0.1) is 23.0 Å². The van der Waals surface area contributed by atoms with Crippen LogP contribution in [0.3, 0.4) is 0 Å². The number of nitriles is 1. The second kappa shape index (κ2) is 6.44. The minimum Gasteiger partial charge on any atom is -0.346 e. The van der Waals surface area contributed by atoms with E-state index in [0.717, 1.165) is 11.1 Å². The van der Waals surface area contributed by atoms with Crippen LogP contribution in [0, 0.1) is 18.3 Å². The van der Waals surface area contributed by atoms with E-state index < -0.39 is 0 Å². The van der Waals surface area contributed by atoms with Gasteiger partial charge in [-0.2, -0.15) is 5.26 Å². The Labute approximate surface area is 150 Å². The van der Waals surface area contributed by atoms with Crippen LogP contribution in [-0.4, -0.2) is 12.2 Å². The molecule has 1 saturated carbocycles. The van der Waals surface area contributed by atoms with E-state index in [1.807, 2.05) is 12.1 Å². The lowest BCUT2D eigenvalue weighted by atomic mass is 9.93. The van der Waals surface area contributed by atoms with E-state index in [1.54, 1.807) is 0 Å². The molecule has 0 spiro atoms. The van der Waals surface area contributed by atoms with E-state index in [-0.39, 0.29) is 0 Å². The molecule has 1 fully saturated rings. The van der Waals surface area contributed by atoms with Crippen molar-refractivity contribution in [3.63, 3.8) is 0 Å². The number of para-hydroxylation sites is 2. The number of anilines is 3. The molecule has 0 bridgehead atoms. The molecule has 1 aliphatic carbocycles. The van der Waals surface area contributed by atoms with Gasteiger partial charge >= 0.3 is 0 Å². The van der Waals surface area contributed by atoms with Crippen LogP contribution in [0.25, 0.3) is 0 Å². The number of hydrogen-bond acceptors (Lipinski definition) is 3. The molecule has 128 valence electrons. The quantitative estimate of drug-likeness (QED) is 0.727. The largest absolute Gasteiger partial charge is 0.346 e. The highest BCUT2D eigenvalue weighted by molar-refractivity contribution is 5.85. The van der Waals surface area contributed by atoms with Gasteiger partial charge in [0, 0.05) is 11.7 Å². The van der Waals surface area contributed by atoms with Gasteiger partial charge in [0.1, 0.15) is 6.17 Å². The predicted octanol–water partition coefficient (Wildman–Crippen LogP) is 5.50. The highest BCUT2D eigenvalue weighted by Gasteiger charge is 2.38. The Morgan fingerprint density at radius 3 is 2.36 bits per heavy atom. The second-order valence-electron chi connectivity index (χ2n) is 7.30. The maximum absolute atomic E-state index is 9.17. The van der Waals surface area contributed by atoms with Crippen LogP contribution in [0.5, 0.6) is 0 Å². The minimum absolute atomic E-state index is 0.298. The zero-order valence-corrected chi connectivity index (χ0v) is 15.1. The lowest BCUT2D eigenvalue weighted by Crippen LogP contribution is -2.45. The maximum Gasteiger partial charge on any atom is 0.104 e. The van der Waals surface area contributed by atoms with Crippen molar-refractivity contribution in [3.05, 3.63) is 53.6 Å². The Hall–Kier alpha value is -2.47. The van der Waals surface area contributed by atoms with Gasteiger partial charge in [0.2, 0.25) is 0 Å². The molecule has 0 N–H and O–H groups in total. The molecular formula is C22H25N3. The summed E-state index contributed by atoms with van der Waals surface area (Å²) in [4.78, 5) is 5.08. The first-order chi connectivity index (χ1) is 12.2. The van der Waals surface area contributed by atoms with Crippen LogP contribution in [0.1, 0.15) is 50.2 Å². The Kier molecular flexibility index (Phi) is 4.13. The summed E-state index contributed by atoms with van der Waals surface area (Å²) in [7, 11) is 0. The van der Waals surface area contributed by atoms with E-state index in [1.165, 1.54) is 49.2 Å². The number of hydrogen-bond donors (Lipinski definition) is 0. The van der Waals surface area contributed by atoms with Crippen molar-refractivity contribution in [1.29, 1.82) is 5.26 Å². The SMILES string of the molecule is Cc1cc(C#N)ccc1N1c2ccccc2N(C2CCCCC2)[C@H]1C. The van der Waals surface area contributed by atoms with Crippen LogP contribution >= 0.6 is 0 Å². The van der Waals surface area contributed by atoms with Gasteiger partial charge in [-0.15, -0.1) is 0 Å². The first-order valence-electron chi connectivity index (χ1n) is 9.38. The van der Waals surface area contributed by atoms with Gasteiger partial charge in [-0.3, -0.25) is 0 Å². The molecule has 2 aliphatic rings. The van der Waals surface area contributed by atoms with Crippen molar-refractivity contribution in [2.24, 2.45) is 0 Å². The highest BCUT2D eigenvalue weighted by Crippen LogP contribution is 2.47. The summed E-state index contributed by atoms with van der Waals surface area (Å²) in [6, 6.07) is 17.7. The van der Waals surface area contributed by atoms with Crippen molar-refractivity contribution in [1.82, 2.24) is 0 Å². The molecule has 3 nitrogen and oxygen atoms in total. The Morgan fingerprint density at radius 1 is 0.960 bits per heavy atom. The lowest BCUT2D eigenvalue weighted by Gasteiger charge is -2.38. The minimum atomic E-state index is 0.298. The molecule has 1 aliphatic heterocycles. The monoisotopic (exact) mass is 331 g/mol. The summed E-state index contributed by atoms with van der Waals surface area (Å²) >= 11 is 0. The van der Waals surface area contributed by atoms with Gasteiger partial charge in [-0.25, -0.2) is 0 Å². The van der Waals surface area contributed by atoms with Gasteiger partial charge in [-0.1, -0.05) is 31.4 Å². The van der Waals surface area contributed by atoms with Crippen LogP contribution in [0.15, 0.2) is 42.5 Å². The normalized spacial score (nSPS) is 20.4. The molecule has 4 rings (SSSR count). The lowest BCUT2D eigenvalue weighted by molar-refractivity contribution is 0.400. The number of nitrogens with zero attached hydrogens (tertiary/aromatic N) is 3. The Balaban J connectivity index is 1.78. The summed E-state index contributed by atoms with van der Waals surface area (Å²) < 4.78 is 0. The third-order valence-electron chi connectivity index (χ3n) is 5.75. The fraction of sp³-hybridized carbons (Fsp3) is 0.409. The third kappa shape index (κ3) is 2.66. The van der Waals surface area contributed by atoms with E-state index in [9.17, 15) is 0 Å². The Morgan fingerprint density at radius 2 is 1.68 bits per heavy atom. The molecule has 0 saturated heterocycles. The van der Waals surface area contributed by atoms with Gasteiger partial charge in [0.25, 0.3) is 0 Å². The average molecular weight is 331 g/mol. The van der Waals surface area contributed by atoms with Crippen LogP contribution in [0.2, 0.25) is 0 Å². The molecule has 1 heterocycles. The summed E-state index contributed by atoms with van der Waals surface area (Å²) in [5.41, 5.74) is 5.73. The predicted molar refractivity (Wildman–Crippen MR) is 103 cm³/mol. The van der Waals surface area contributed by atoms with Crippen molar-refractivity contribution in [2.45, 2.75) is 58.2 Å². The third-order valence-corrected chi connectivity index (χ3v) is 5.75. The second-order valence-corrected chi connectivity index (χ2v) is 7.30. The van der Waals surface area contributed by atoms with E-state index >= 15 is 0 Å². The van der Waals surface area contributed by atoms with Crippen molar-refractivity contribution in [2.75, 3.05) is 9.80 Å². The molecule has 2 aromatic rings. The molecule has 1 atom stereocenters. The number of benzene rings is 2. The summed E-state index contributed by atoms with van der Waals surface area (Å²) in [6.07, 6.45) is 6.93. The van der Waals surface area contributed by atoms with E-state index in [2.05, 4.69) is 60.0 Å². The van der Waals surface area contributed by atoms with Crippen molar-refractivity contribution >= 4 is 17.1 Å².